The van der Waals surface area contributed by atoms with E-state index in [-0.39, 0.29) is 17.7 Å². The number of rotatable bonds is 5. The summed E-state index contributed by atoms with van der Waals surface area (Å²) in [4.78, 5) is 24.7. The highest BCUT2D eigenvalue weighted by Gasteiger charge is 2.51. The maximum atomic E-state index is 13.0. The average Bonchev–Trinajstić information content (AvgIpc) is 3.34. The summed E-state index contributed by atoms with van der Waals surface area (Å²) in [5, 5.41) is 18.2. The first kappa shape index (κ1) is 20.0. The minimum atomic E-state index is -0.913. The Balaban J connectivity index is 1.56. The van der Waals surface area contributed by atoms with Crippen molar-refractivity contribution in [2.24, 2.45) is 23.7 Å². The van der Waals surface area contributed by atoms with E-state index in [0.717, 1.165) is 17.7 Å². The van der Waals surface area contributed by atoms with Gasteiger partial charge in [0.1, 0.15) is 0 Å². The van der Waals surface area contributed by atoms with Gasteiger partial charge in [-0.05, 0) is 49.8 Å². The van der Waals surface area contributed by atoms with Gasteiger partial charge in [-0.2, -0.15) is 5.10 Å². The zero-order valence-electron chi connectivity index (χ0n) is 16.0. The summed E-state index contributed by atoms with van der Waals surface area (Å²) in [5.41, 5.74) is 2.94. The van der Waals surface area contributed by atoms with Gasteiger partial charge in [-0.3, -0.25) is 14.3 Å². The Morgan fingerprint density at radius 1 is 1.21 bits per heavy atom. The fraction of sp³-hybridized carbons (Fsp3) is 0.381. The van der Waals surface area contributed by atoms with Crippen LogP contribution < -0.4 is 5.32 Å². The average molecular weight is 434 g/mol. The Kier molecular flexibility index (Phi) is 5.17. The van der Waals surface area contributed by atoms with Crippen LogP contribution in [0.3, 0.4) is 0 Å². The third kappa shape index (κ3) is 3.55. The number of carbonyl (C=O) groups is 2. The molecule has 4 atom stereocenters. The summed E-state index contributed by atoms with van der Waals surface area (Å²) < 4.78 is 1.77. The zero-order chi connectivity index (χ0) is 20.9. The lowest BCUT2D eigenvalue weighted by Crippen LogP contribution is -2.36. The monoisotopic (exact) mass is 433 g/mol. The number of nitrogens with zero attached hydrogens (tertiary/aromatic N) is 2. The van der Waals surface area contributed by atoms with Crippen LogP contribution in [0.4, 0.5) is 5.69 Å². The van der Waals surface area contributed by atoms with E-state index in [1.807, 2.05) is 32.1 Å². The summed E-state index contributed by atoms with van der Waals surface area (Å²) >= 11 is 12.2. The molecule has 0 saturated heterocycles. The van der Waals surface area contributed by atoms with E-state index < -0.39 is 17.8 Å². The number of carboxylic acid groups (broad SMARTS) is 1. The molecule has 2 aliphatic carbocycles. The number of amides is 1. The molecule has 8 heteroatoms. The molecule has 0 unspecified atom stereocenters. The summed E-state index contributed by atoms with van der Waals surface area (Å²) in [6.45, 7) is 4.12. The first-order valence-corrected chi connectivity index (χ1v) is 10.2. The Morgan fingerprint density at radius 3 is 2.55 bits per heavy atom. The number of carboxylic acids is 1. The highest BCUT2D eigenvalue weighted by Crippen LogP contribution is 2.48. The Morgan fingerprint density at radius 2 is 1.90 bits per heavy atom. The number of nitrogens with one attached hydrogen (secondary N) is 1. The van der Waals surface area contributed by atoms with Crippen molar-refractivity contribution in [2.45, 2.75) is 26.8 Å². The van der Waals surface area contributed by atoms with Gasteiger partial charge in [0.2, 0.25) is 5.91 Å². The van der Waals surface area contributed by atoms with Gasteiger partial charge in [-0.15, -0.1) is 0 Å². The molecule has 6 nitrogen and oxygen atoms in total. The van der Waals surface area contributed by atoms with E-state index in [4.69, 9.17) is 23.2 Å². The third-order valence-electron chi connectivity index (χ3n) is 6.01. The van der Waals surface area contributed by atoms with Gasteiger partial charge in [0.25, 0.3) is 0 Å². The predicted molar refractivity (Wildman–Crippen MR) is 111 cm³/mol. The van der Waals surface area contributed by atoms with Crippen LogP contribution >= 0.6 is 23.2 Å². The number of benzene rings is 1. The summed E-state index contributed by atoms with van der Waals surface area (Å²) in [6, 6.07) is 5.30. The summed E-state index contributed by atoms with van der Waals surface area (Å²) in [5.74, 6) is -2.49. The van der Waals surface area contributed by atoms with Crippen molar-refractivity contribution in [3.05, 3.63) is 57.3 Å². The van der Waals surface area contributed by atoms with Gasteiger partial charge in [0.05, 0.1) is 35.5 Å². The molecule has 1 saturated carbocycles. The number of aliphatic carboxylic acids is 1. The summed E-state index contributed by atoms with van der Waals surface area (Å²) in [6.07, 6.45) is 4.62. The molecule has 1 amide bonds. The highest BCUT2D eigenvalue weighted by molar-refractivity contribution is 6.35. The summed E-state index contributed by atoms with van der Waals surface area (Å²) in [7, 11) is 0. The molecule has 1 aromatic carbocycles. The van der Waals surface area contributed by atoms with E-state index >= 15 is 0 Å². The van der Waals surface area contributed by atoms with E-state index in [1.54, 1.807) is 16.8 Å². The second-order valence-electron chi connectivity index (χ2n) is 7.77. The number of halogens is 2. The van der Waals surface area contributed by atoms with Crippen LogP contribution in [0, 0.1) is 37.5 Å². The molecule has 1 fully saturated rings. The molecule has 2 bridgehead atoms. The molecule has 2 aliphatic rings. The minimum Gasteiger partial charge on any atom is -0.481 e. The quantitative estimate of drug-likeness (QED) is 0.687. The molecule has 1 heterocycles. The standard InChI is InChI=1S/C21H21Cl2N3O3/c1-10-19(11(2)26(25-10)9-14-5-6-15(22)8-16(14)23)24-20(27)17-12-3-4-13(7-12)18(17)21(28)29/h3-6,8,12-13,17-18H,7,9H2,1-2H3,(H,24,27)(H,28,29)/t12-,13-,17-,18+/m0/s1. The van der Waals surface area contributed by atoms with Crippen molar-refractivity contribution >= 4 is 40.8 Å². The van der Waals surface area contributed by atoms with Crippen LogP contribution in [0.25, 0.3) is 0 Å². The van der Waals surface area contributed by atoms with Gasteiger partial charge < -0.3 is 10.4 Å². The molecule has 2 aromatic rings. The maximum Gasteiger partial charge on any atom is 0.307 e. The molecule has 152 valence electrons. The van der Waals surface area contributed by atoms with Crippen molar-refractivity contribution in [3.8, 4) is 0 Å². The fourth-order valence-electron chi connectivity index (χ4n) is 4.57. The Hall–Kier alpha value is -2.31. The maximum absolute atomic E-state index is 13.0. The van der Waals surface area contributed by atoms with E-state index in [1.165, 1.54) is 0 Å². The van der Waals surface area contributed by atoms with Crippen LogP contribution in [-0.2, 0) is 16.1 Å². The van der Waals surface area contributed by atoms with Crippen molar-refractivity contribution in [3.63, 3.8) is 0 Å². The first-order chi connectivity index (χ1) is 13.8. The smallest absolute Gasteiger partial charge is 0.307 e. The van der Waals surface area contributed by atoms with Gasteiger partial charge in [-0.1, -0.05) is 41.4 Å². The van der Waals surface area contributed by atoms with E-state index in [9.17, 15) is 14.7 Å². The normalized spacial score (nSPS) is 24.8. The van der Waals surface area contributed by atoms with Crippen LogP contribution in [0.1, 0.15) is 23.4 Å². The van der Waals surface area contributed by atoms with Gasteiger partial charge >= 0.3 is 5.97 Å². The van der Waals surface area contributed by atoms with Crippen molar-refractivity contribution in [1.82, 2.24) is 9.78 Å². The third-order valence-corrected chi connectivity index (χ3v) is 6.60. The SMILES string of the molecule is Cc1nn(Cc2ccc(Cl)cc2Cl)c(C)c1NC(=O)[C@@H]1[C@H](C(=O)O)[C@H]2C=C[C@H]1C2. The van der Waals surface area contributed by atoms with Crippen LogP contribution in [-0.4, -0.2) is 26.8 Å². The number of fused-ring (bicyclic) bond motifs is 2. The molecular weight excluding hydrogens is 413 g/mol. The van der Waals surface area contributed by atoms with Crippen molar-refractivity contribution < 1.29 is 14.7 Å². The van der Waals surface area contributed by atoms with Gasteiger partial charge in [0.15, 0.2) is 0 Å². The van der Waals surface area contributed by atoms with E-state index in [0.29, 0.717) is 28.0 Å². The second-order valence-corrected chi connectivity index (χ2v) is 8.61. The lowest BCUT2D eigenvalue weighted by Gasteiger charge is -2.23. The van der Waals surface area contributed by atoms with Gasteiger partial charge in [-0.25, -0.2) is 0 Å². The zero-order valence-corrected chi connectivity index (χ0v) is 17.5. The molecule has 2 N–H and O–H groups in total. The van der Waals surface area contributed by atoms with Crippen LogP contribution in [0.15, 0.2) is 30.4 Å². The topological polar surface area (TPSA) is 84.2 Å². The number of hydrogen-bond donors (Lipinski definition) is 2. The number of hydrogen-bond acceptors (Lipinski definition) is 3. The molecule has 29 heavy (non-hydrogen) atoms. The number of carbonyl (C=O) groups excluding carboxylic acids is 1. The molecular formula is C21H21Cl2N3O3. The number of aryl methyl sites for hydroxylation is 1. The van der Waals surface area contributed by atoms with Crippen molar-refractivity contribution in [2.75, 3.05) is 5.32 Å². The number of aromatic nitrogens is 2. The lowest BCUT2D eigenvalue weighted by atomic mass is 9.82. The number of anilines is 1. The molecule has 0 radical (unpaired) electrons. The Labute approximate surface area is 178 Å². The molecule has 1 aromatic heterocycles. The van der Waals surface area contributed by atoms with Crippen LogP contribution in [0.2, 0.25) is 10.0 Å². The van der Waals surface area contributed by atoms with E-state index in [2.05, 4.69) is 10.4 Å². The molecule has 4 rings (SSSR count). The molecule has 0 spiro atoms. The largest absolute Gasteiger partial charge is 0.481 e. The predicted octanol–water partition coefficient (Wildman–Crippen LogP) is 4.32. The minimum absolute atomic E-state index is 0.0235. The lowest BCUT2D eigenvalue weighted by molar-refractivity contribution is -0.146. The van der Waals surface area contributed by atoms with Crippen molar-refractivity contribution in [1.29, 1.82) is 0 Å². The highest BCUT2D eigenvalue weighted by atomic mass is 35.5. The molecule has 0 aliphatic heterocycles. The second kappa shape index (κ2) is 7.50. The fourth-order valence-corrected chi connectivity index (χ4v) is 5.03. The number of allylic oxidation sites excluding steroid dienone is 2. The van der Waals surface area contributed by atoms with Crippen LogP contribution in [0.5, 0.6) is 0 Å². The Bertz CT molecular complexity index is 1030. The first-order valence-electron chi connectivity index (χ1n) is 9.46. The van der Waals surface area contributed by atoms with Gasteiger partial charge in [0, 0.05) is 10.0 Å².